The molecule has 0 spiro atoms. The molecule has 1 fully saturated rings. The minimum atomic E-state index is -0.566. The van der Waals surface area contributed by atoms with Crippen molar-refractivity contribution in [2.75, 3.05) is 38.6 Å². The van der Waals surface area contributed by atoms with Crippen LogP contribution in [0.2, 0.25) is 0 Å². The quantitative estimate of drug-likeness (QED) is 0.183. The van der Waals surface area contributed by atoms with Crippen molar-refractivity contribution in [1.29, 1.82) is 0 Å². The molecule has 3 heterocycles. The zero-order valence-corrected chi connectivity index (χ0v) is 24.7. The van der Waals surface area contributed by atoms with Gasteiger partial charge in [0.1, 0.15) is 12.3 Å². The first-order valence-electron chi connectivity index (χ1n) is 13.2. The molecule has 220 valence electrons. The van der Waals surface area contributed by atoms with Crippen molar-refractivity contribution < 1.29 is 23.6 Å². The summed E-state index contributed by atoms with van der Waals surface area (Å²) in [6.45, 7) is 7.69. The summed E-state index contributed by atoms with van der Waals surface area (Å²) in [5, 5.41) is 19.8. The van der Waals surface area contributed by atoms with Crippen LogP contribution >= 0.6 is 15.9 Å². The normalized spacial score (nSPS) is 13.9. The fourth-order valence-electron chi connectivity index (χ4n) is 4.35. The number of aryl methyl sites for hydroxylation is 1. The number of hydrogen-bond acceptors (Lipinski definition) is 12. The van der Waals surface area contributed by atoms with Crippen LogP contribution in [0.15, 0.2) is 50.6 Å². The van der Waals surface area contributed by atoms with E-state index in [1.807, 2.05) is 38.1 Å². The third kappa shape index (κ3) is 6.92. The van der Waals surface area contributed by atoms with E-state index in [1.54, 1.807) is 6.07 Å². The summed E-state index contributed by atoms with van der Waals surface area (Å²) in [5.74, 6) is 0.561. The first kappa shape index (κ1) is 29.2. The molecule has 0 unspecified atom stereocenters. The molecule has 42 heavy (non-hydrogen) atoms. The fraction of sp³-hybridized carbons (Fsp3) is 0.333. The largest absolute Gasteiger partial charge is 0.490 e. The van der Waals surface area contributed by atoms with Crippen molar-refractivity contribution >= 4 is 33.9 Å². The Morgan fingerprint density at radius 1 is 1.21 bits per heavy atom. The van der Waals surface area contributed by atoms with Gasteiger partial charge in [-0.05, 0) is 63.4 Å². The maximum atomic E-state index is 13.4. The topological polar surface area (TPSA) is 168 Å². The number of carbonyl (C=O) groups excluding carboxylic acids is 1. The Morgan fingerprint density at radius 3 is 2.79 bits per heavy atom. The molecule has 15 heteroatoms. The van der Waals surface area contributed by atoms with Crippen LogP contribution in [-0.4, -0.2) is 75.2 Å². The third-order valence-electron chi connectivity index (χ3n) is 6.31. The Labute approximate surface area is 249 Å². The van der Waals surface area contributed by atoms with Crippen molar-refractivity contribution in [3.8, 4) is 17.3 Å². The van der Waals surface area contributed by atoms with Crippen molar-refractivity contribution in [2.24, 2.45) is 5.10 Å². The number of anilines is 1. The van der Waals surface area contributed by atoms with E-state index in [1.165, 1.54) is 10.9 Å². The second-order valence-electron chi connectivity index (χ2n) is 9.40. The number of nitrogens with two attached hydrogens (primary N) is 1. The second kappa shape index (κ2) is 13.5. The van der Waals surface area contributed by atoms with E-state index in [2.05, 4.69) is 58.0 Å². The van der Waals surface area contributed by atoms with Crippen molar-refractivity contribution in [3.05, 3.63) is 68.9 Å². The number of carbonyl (C=O) groups is 1. The number of hydrogen-bond donors (Lipinski definition) is 2. The Balaban J connectivity index is 1.34. The number of nitrogens with zero attached hydrogens (tertiary/aromatic N) is 7. The van der Waals surface area contributed by atoms with Gasteiger partial charge in [0.2, 0.25) is 11.6 Å². The summed E-state index contributed by atoms with van der Waals surface area (Å²) >= 11 is 3.58. The first-order chi connectivity index (χ1) is 20.4. The van der Waals surface area contributed by atoms with Gasteiger partial charge in [0, 0.05) is 19.6 Å². The standard InChI is InChI=1S/C27H30BrN9O5/c1-3-40-22-13-19(12-20(28)24(22)41-16-18-6-4-5-17(2)11-18)14-30-32-27(38)23-21(15-36-7-9-39-10-8-36)31-35-37(23)26-25(29)33-42-34-26/h4-6,11-14H,3,7-10,15-16H2,1-2H3,(H2,29,33)(H,32,38)/b30-14-. The molecule has 5 rings (SSSR count). The van der Waals surface area contributed by atoms with Crippen molar-refractivity contribution in [3.63, 3.8) is 0 Å². The smallest absolute Gasteiger partial charge is 0.292 e. The molecule has 0 radical (unpaired) electrons. The number of aromatic nitrogens is 5. The van der Waals surface area contributed by atoms with Gasteiger partial charge in [0.15, 0.2) is 17.2 Å². The van der Waals surface area contributed by atoms with E-state index in [0.29, 0.717) is 73.3 Å². The maximum absolute atomic E-state index is 13.4. The number of rotatable bonds is 11. The monoisotopic (exact) mass is 639 g/mol. The highest BCUT2D eigenvalue weighted by molar-refractivity contribution is 9.10. The number of nitrogen functional groups attached to an aromatic ring is 1. The van der Waals surface area contributed by atoms with Gasteiger partial charge >= 0.3 is 0 Å². The molecule has 0 atom stereocenters. The molecule has 1 amide bonds. The second-order valence-corrected chi connectivity index (χ2v) is 10.3. The molecule has 1 saturated heterocycles. The third-order valence-corrected chi connectivity index (χ3v) is 6.89. The first-order valence-corrected chi connectivity index (χ1v) is 14.0. The minimum Gasteiger partial charge on any atom is -0.490 e. The molecule has 2 aromatic heterocycles. The zero-order valence-electron chi connectivity index (χ0n) is 23.1. The Hall–Kier alpha value is -4.34. The summed E-state index contributed by atoms with van der Waals surface area (Å²) in [6.07, 6.45) is 1.50. The van der Waals surface area contributed by atoms with Crippen LogP contribution in [0.3, 0.4) is 0 Å². The van der Waals surface area contributed by atoms with Crippen LogP contribution in [0.25, 0.3) is 5.82 Å². The van der Waals surface area contributed by atoms with Gasteiger partial charge in [-0.2, -0.15) is 9.78 Å². The van der Waals surface area contributed by atoms with E-state index in [4.69, 9.17) is 24.6 Å². The minimum absolute atomic E-state index is 0.0339. The molecule has 4 aromatic rings. The number of morpholine rings is 1. The van der Waals surface area contributed by atoms with E-state index >= 15 is 0 Å². The lowest BCUT2D eigenvalue weighted by Crippen LogP contribution is -2.36. The summed E-state index contributed by atoms with van der Waals surface area (Å²) in [7, 11) is 0. The summed E-state index contributed by atoms with van der Waals surface area (Å²) in [5.41, 5.74) is 11.8. The summed E-state index contributed by atoms with van der Waals surface area (Å²) in [6, 6.07) is 11.7. The molecular weight excluding hydrogens is 610 g/mol. The fourth-order valence-corrected chi connectivity index (χ4v) is 4.92. The predicted octanol–water partition coefficient (Wildman–Crippen LogP) is 2.88. The van der Waals surface area contributed by atoms with E-state index in [-0.39, 0.29) is 17.3 Å². The number of ether oxygens (including phenoxy) is 3. The lowest BCUT2D eigenvalue weighted by molar-refractivity contribution is 0.0335. The molecular formula is C27H30BrN9O5. The van der Waals surface area contributed by atoms with Crippen LogP contribution in [-0.2, 0) is 17.9 Å². The number of amides is 1. The number of benzene rings is 2. The molecule has 0 bridgehead atoms. The Kier molecular flexibility index (Phi) is 9.41. The molecule has 0 aliphatic carbocycles. The van der Waals surface area contributed by atoms with Gasteiger partial charge < -0.3 is 19.9 Å². The molecule has 3 N–H and O–H groups in total. The average Bonchev–Trinajstić information content (AvgIpc) is 3.59. The maximum Gasteiger partial charge on any atom is 0.292 e. The van der Waals surface area contributed by atoms with E-state index in [9.17, 15) is 4.79 Å². The van der Waals surface area contributed by atoms with Gasteiger partial charge in [-0.15, -0.1) is 5.10 Å². The van der Waals surface area contributed by atoms with Gasteiger partial charge in [-0.25, -0.2) is 10.1 Å². The van der Waals surface area contributed by atoms with Gasteiger partial charge in [-0.3, -0.25) is 9.69 Å². The van der Waals surface area contributed by atoms with Crippen LogP contribution in [0.1, 0.15) is 39.8 Å². The van der Waals surface area contributed by atoms with Crippen LogP contribution in [0.4, 0.5) is 5.82 Å². The highest BCUT2D eigenvalue weighted by Gasteiger charge is 2.26. The van der Waals surface area contributed by atoms with Crippen LogP contribution in [0, 0.1) is 6.92 Å². The number of halogens is 1. The predicted molar refractivity (Wildman–Crippen MR) is 156 cm³/mol. The number of hydrazone groups is 1. The van der Waals surface area contributed by atoms with Crippen molar-refractivity contribution in [1.82, 2.24) is 35.6 Å². The lowest BCUT2D eigenvalue weighted by Gasteiger charge is -2.25. The van der Waals surface area contributed by atoms with Crippen LogP contribution in [0.5, 0.6) is 11.5 Å². The van der Waals surface area contributed by atoms with E-state index < -0.39 is 5.91 Å². The van der Waals surface area contributed by atoms with Gasteiger partial charge in [0.05, 0.1) is 30.5 Å². The zero-order chi connectivity index (χ0) is 29.5. The Morgan fingerprint density at radius 2 is 2.05 bits per heavy atom. The SMILES string of the molecule is CCOc1cc(/C=N\NC(=O)c2c(CN3CCOCC3)nnn2-c2nonc2N)cc(Br)c1OCc1cccc(C)c1. The van der Waals surface area contributed by atoms with E-state index in [0.717, 1.165) is 11.1 Å². The molecule has 2 aromatic carbocycles. The lowest BCUT2D eigenvalue weighted by atomic mass is 10.1. The van der Waals surface area contributed by atoms with Gasteiger partial charge in [0.25, 0.3) is 5.91 Å². The average molecular weight is 640 g/mol. The van der Waals surface area contributed by atoms with Crippen molar-refractivity contribution in [2.45, 2.75) is 27.0 Å². The highest BCUT2D eigenvalue weighted by Crippen LogP contribution is 2.37. The molecule has 1 aliphatic rings. The highest BCUT2D eigenvalue weighted by atomic mass is 79.9. The summed E-state index contributed by atoms with van der Waals surface area (Å²) in [4.78, 5) is 15.5. The summed E-state index contributed by atoms with van der Waals surface area (Å²) < 4.78 is 23.9. The van der Waals surface area contributed by atoms with Gasteiger partial charge in [-0.1, -0.05) is 35.0 Å². The van der Waals surface area contributed by atoms with Crippen LogP contribution < -0.4 is 20.6 Å². The molecule has 0 saturated carbocycles. The Bertz CT molecular complexity index is 1570. The number of nitrogens with one attached hydrogen (secondary N) is 1. The molecule has 14 nitrogen and oxygen atoms in total. The molecule has 1 aliphatic heterocycles.